The standard InChI is InChI=1S/C19H12F3N3O2/c20-19(21,22)14-8-6-13(7-9-14)18-24-16(25-27-18)11-26-15-5-1-3-12-4-2-10-23-17(12)15/h1-10H,11H2. The van der Waals surface area contributed by atoms with Crippen molar-refractivity contribution in [3.63, 3.8) is 0 Å². The lowest BCUT2D eigenvalue weighted by Gasteiger charge is -2.06. The summed E-state index contributed by atoms with van der Waals surface area (Å²) in [6, 6.07) is 13.8. The first-order chi connectivity index (χ1) is 13.0. The van der Waals surface area contributed by atoms with Gasteiger partial charge in [-0.1, -0.05) is 23.4 Å². The number of fused-ring (bicyclic) bond motifs is 1. The minimum Gasteiger partial charge on any atom is -0.483 e. The number of nitrogens with zero attached hydrogens (tertiary/aromatic N) is 3. The van der Waals surface area contributed by atoms with E-state index < -0.39 is 11.7 Å². The summed E-state index contributed by atoms with van der Waals surface area (Å²) in [6.07, 6.45) is -2.72. The third kappa shape index (κ3) is 3.59. The molecule has 0 amide bonds. The van der Waals surface area contributed by atoms with Gasteiger partial charge in [0.25, 0.3) is 5.89 Å². The molecule has 0 aliphatic heterocycles. The Hall–Kier alpha value is -3.42. The van der Waals surface area contributed by atoms with Crippen molar-refractivity contribution in [2.75, 3.05) is 0 Å². The van der Waals surface area contributed by atoms with Gasteiger partial charge in [0.15, 0.2) is 6.61 Å². The number of benzene rings is 2. The first kappa shape index (κ1) is 17.0. The maximum Gasteiger partial charge on any atom is 0.416 e. The van der Waals surface area contributed by atoms with E-state index in [1.54, 1.807) is 12.3 Å². The van der Waals surface area contributed by atoms with Gasteiger partial charge >= 0.3 is 6.18 Å². The number of hydrogen-bond acceptors (Lipinski definition) is 5. The van der Waals surface area contributed by atoms with Crippen molar-refractivity contribution in [2.24, 2.45) is 0 Å². The minimum absolute atomic E-state index is 0.0415. The summed E-state index contributed by atoms with van der Waals surface area (Å²) in [5.74, 6) is 0.977. The van der Waals surface area contributed by atoms with E-state index in [-0.39, 0.29) is 18.3 Å². The Balaban J connectivity index is 1.50. The van der Waals surface area contributed by atoms with E-state index in [0.717, 1.165) is 17.5 Å². The maximum absolute atomic E-state index is 12.6. The molecule has 136 valence electrons. The van der Waals surface area contributed by atoms with E-state index >= 15 is 0 Å². The molecule has 0 radical (unpaired) electrons. The third-order valence-electron chi connectivity index (χ3n) is 3.88. The van der Waals surface area contributed by atoms with Crippen LogP contribution in [0.5, 0.6) is 5.75 Å². The Bertz CT molecular complexity index is 1070. The number of halogens is 3. The Morgan fingerprint density at radius 2 is 1.74 bits per heavy atom. The van der Waals surface area contributed by atoms with E-state index in [1.165, 1.54) is 12.1 Å². The molecule has 0 N–H and O–H groups in total. The van der Waals surface area contributed by atoms with E-state index in [9.17, 15) is 13.2 Å². The fourth-order valence-electron chi connectivity index (χ4n) is 2.57. The highest BCUT2D eigenvalue weighted by atomic mass is 19.4. The van der Waals surface area contributed by atoms with Gasteiger partial charge in [0.1, 0.15) is 11.3 Å². The maximum atomic E-state index is 12.6. The molecule has 0 saturated heterocycles. The van der Waals surface area contributed by atoms with Gasteiger partial charge in [-0.15, -0.1) is 0 Å². The second kappa shape index (κ2) is 6.71. The average Bonchev–Trinajstić information content (AvgIpc) is 3.15. The van der Waals surface area contributed by atoms with Crippen molar-refractivity contribution >= 4 is 10.9 Å². The topological polar surface area (TPSA) is 61.0 Å². The number of rotatable bonds is 4. The van der Waals surface area contributed by atoms with E-state index in [1.807, 2.05) is 24.3 Å². The van der Waals surface area contributed by atoms with Crippen LogP contribution in [-0.2, 0) is 12.8 Å². The Kier molecular flexibility index (Phi) is 4.23. The van der Waals surface area contributed by atoms with Crippen LogP contribution in [-0.4, -0.2) is 15.1 Å². The highest BCUT2D eigenvalue weighted by molar-refractivity contribution is 5.84. The van der Waals surface area contributed by atoms with Crippen LogP contribution < -0.4 is 4.74 Å². The lowest BCUT2D eigenvalue weighted by molar-refractivity contribution is -0.137. The molecule has 27 heavy (non-hydrogen) atoms. The lowest BCUT2D eigenvalue weighted by Crippen LogP contribution is -2.04. The zero-order valence-electron chi connectivity index (χ0n) is 13.8. The quantitative estimate of drug-likeness (QED) is 0.512. The van der Waals surface area contributed by atoms with Crippen molar-refractivity contribution in [3.05, 3.63) is 72.2 Å². The lowest BCUT2D eigenvalue weighted by atomic mass is 10.1. The summed E-state index contributed by atoms with van der Waals surface area (Å²) in [5, 5.41) is 4.74. The third-order valence-corrected chi connectivity index (χ3v) is 3.88. The fourth-order valence-corrected chi connectivity index (χ4v) is 2.57. The number of alkyl halides is 3. The van der Waals surface area contributed by atoms with Gasteiger partial charge in [-0.2, -0.15) is 18.2 Å². The van der Waals surface area contributed by atoms with E-state index in [4.69, 9.17) is 9.26 Å². The van der Waals surface area contributed by atoms with Crippen molar-refractivity contribution < 1.29 is 22.4 Å². The Morgan fingerprint density at radius 3 is 2.52 bits per heavy atom. The van der Waals surface area contributed by atoms with Gasteiger partial charge in [0.2, 0.25) is 5.82 Å². The van der Waals surface area contributed by atoms with Crippen LogP contribution in [0.4, 0.5) is 13.2 Å². The molecule has 2 aromatic heterocycles. The van der Waals surface area contributed by atoms with Gasteiger partial charge < -0.3 is 9.26 Å². The zero-order chi connectivity index (χ0) is 18.9. The van der Waals surface area contributed by atoms with Gasteiger partial charge in [-0.25, -0.2) is 0 Å². The molecular weight excluding hydrogens is 359 g/mol. The van der Waals surface area contributed by atoms with Crippen molar-refractivity contribution in [1.29, 1.82) is 0 Å². The molecule has 8 heteroatoms. The van der Waals surface area contributed by atoms with Gasteiger partial charge in [0, 0.05) is 17.1 Å². The molecule has 0 fully saturated rings. The molecule has 0 bridgehead atoms. The predicted molar refractivity (Wildman–Crippen MR) is 90.8 cm³/mol. The minimum atomic E-state index is -4.39. The number of ether oxygens (including phenoxy) is 1. The fraction of sp³-hybridized carbons (Fsp3) is 0.105. The number of hydrogen-bond donors (Lipinski definition) is 0. The van der Waals surface area contributed by atoms with Gasteiger partial charge in [-0.3, -0.25) is 4.98 Å². The summed E-state index contributed by atoms with van der Waals surface area (Å²) in [5.41, 5.74) is 0.373. The second-order valence-electron chi connectivity index (χ2n) is 5.71. The summed E-state index contributed by atoms with van der Waals surface area (Å²) in [7, 11) is 0. The van der Waals surface area contributed by atoms with Crippen LogP contribution in [0.15, 0.2) is 65.3 Å². The molecule has 0 unspecified atom stereocenters. The number of para-hydroxylation sites is 1. The molecule has 2 aromatic carbocycles. The molecule has 0 aliphatic carbocycles. The molecule has 2 heterocycles. The molecule has 4 rings (SSSR count). The van der Waals surface area contributed by atoms with Crippen molar-refractivity contribution in [2.45, 2.75) is 12.8 Å². The average molecular weight is 371 g/mol. The van der Waals surface area contributed by atoms with Crippen molar-refractivity contribution in [3.8, 4) is 17.2 Å². The molecule has 4 aromatic rings. The first-order valence-electron chi connectivity index (χ1n) is 7.97. The SMILES string of the molecule is FC(F)(F)c1ccc(-c2nc(COc3cccc4cccnc34)no2)cc1. The van der Waals surface area contributed by atoms with Crippen LogP contribution in [0.25, 0.3) is 22.4 Å². The smallest absolute Gasteiger partial charge is 0.416 e. The van der Waals surface area contributed by atoms with Gasteiger partial charge in [0.05, 0.1) is 5.56 Å². The largest absolute Gasteiger partial charge is 0.483 e. The predicted octanol–water partition coefficient (Wildman–Crippen LogP) is 4.88. The molecule has 0 aliphatic rings. The van der Waals surface area contributed by atoms with E-state index in [2.05, 4.69) is 15.1 Å². The van der Waals surface area contributed by atoms with Crippen LogP contribution in [0.3, 0.4) is 0 Å². The van der Waals surface area contributed by atoms with Crippen LogP contribution in [0.1, 0.15) is 11.4 Å². The monoisotopic (exact) mass is 371 g/mol. The highest BCUT2D eigenvalue weighted by Gasteiger charge is 2.30. The first-order valence-corrected chi connectivity index (χ1v) is 7.97. The summed E-state index contributed by atoms with van der Waals surface area (Å²) < 4.78 is 48.7. The summed E-state index contributed by atoms with van der Waals surface area (Å²) in [4.78, 5) is 8.46. The molecular formula is C19H12F3N3O2. The Labute approximate surface area is 151 Å². The number of aromatic nitrogens is 3. The van der Waals surface area contributed by atoms with Crippen LogP contribution in [0.2, 0.25) is 0 Å². The summed E-state index contributed by atoms with van der Waals surface area (Å²) in [6.45, 7) is 0.0415. The van der Waals surface area contributed by atoms with E-state index in [0.29, 0.717) is 16.8 Å². The highest BCUT2D eigenvalue weighted by Crippen LogP contribution is 2.30. The molecule has 5 nitrogen and oxygen atoms in total. The van der Waals surface area contributed by atoms with Crippen LogP contribution >= 0.6 is 0 Å². The number of pyridine rings is 1. The van der Waals surface area contributed by atoms with Crippen LogP contribution in [0, 0.1) is 0 Å². The van der Waals surface area contributed by atoms with Gasteiger partial charge in [-0.05, 0) is 36.4 Å². The molecule has 0 atom stereocenters. The van der Waals surface area contributed by atoms with Crippen molar-refractivity contribution in [1.82, 2.24) is 15.1 Å². The summed E-state index contributed by atoms with van der Waals surface area (Å²) >= 11 is 0. The molecule has 0 spiro atoms. The Morgan fingerprint density at radius 1 is 0.963 bits per heavy atom. The molecule has 0 saturated carbocycles. The zero-order valence-corrected chi connectivity index (χ0v) is 13.8. The normalized spacial score (nSPS) is 11.7. The second-order valence-corrected chi connectivity index (χ2v) is 5.71.